The summed E-state index contributed by atoms with van der Waals surface area (Å²) < 4.78 is 0. The molecule has 0 saturated carbocycles. The second-order valence-electron chi connectivity index (χ2n) is 8.51. The molecule has 3 aliphatic rings. The van der Waals surface area contributed by atoms with Gasteiger partial charge >= 0.3 is 0 Å². The van der Waals surface area contributed by atoms with Gasteiger partial charge in [-0.1, -0.05) is 0 Å². The zero-order valence-electron chi connectivity index (χ0n) is 17.4. The Balaban J connectivity index is 1.26. The minimum atomic E-state index is -0.650. The van der Waals surface area contributed by atoms with Crippen molar-refractivity contribution in [3.63, 3.8) is 0 Å². The number of benzene rings is 1. The first-order chi connectivity index (χ1) is 14.6. The first-order valence-corrected chi connectivity index (χ1v) is 11.0. The maximum Gasteiger partial charge on any atom is 0.251 e. The van der Waals surface area contributed by atoms with E-state index in [4.69, 9.17) is 0 Å². The predicted molar refractivity (Wildman–Crippen MR) is 114 cm³/mol. The first-order valence-electron chi connectivity index (χ1n) is 11.0. The summed E-state index contributed by atoms with van der Waals surface area (Å²) in [6.07, 6.45) is 3.15. The highest BCUT2D eigenvalue weighted by molar-refractivity contribution is 6.03. The molecule has 3 fully saturated rings. The van der Waals surface area contributed by atoms with Crippen molar-refractivity contribution < 1.29 is 14.4 Å². The van der Waals surface area contributed by atoms with E-state index >= 15 is 0 Å². The fourth-order valence-electron chi connectivity index (χ4n) is 4.51. The van der Waals surface area contributed by atoms with Crippen LogP contribution in [0.15, 0.2) is 24.3 Å². The van der Waals surface area contributed by atoms with E-state index in [2.05, 4.69) is 25.8 Å². The molecule has 0 aromatic heterocycles. The molecule has 3 heterocycles. The summed E-state index contributed by atoms with van der Waals surface area (Å²) in [6, 6.07) is 6.91. The Hall–Kier alpha value is -2.45. The van der Waals surface area contributed by atoms with Gasteiger partial charge in [-0.05, 0) is 62.5 Å². The molecule has 3 saturated heterocycles. The van der Waals surface area contributed by atoms with Crippen LogP contribution in [0.2, 0.25) is 0 Å². The minimum absolute atomic E-state index is 0.249. The number of piperazine rings is 1. The summed E-state index contributed by atoms with van der Waals surface area (Å²) in [6.45, 7) is 7.63. The zero-order valence-corrected chi connectivity index (χ0v) is 17.4. The number of hydrogen-bond donors (Lipinski definition) is 3. The third-order valence-electron chi connectivity index (χ3n) is 6.39. The molecule has 1 atom stereocenters. The smallest absolute Gasteiger partial charge is 0.251 e. The van der Waals surface area contributed by atoms with E-state index in [-0.39, 0.29) is 18.2 Å². The van der Waals surface area contributed by atoms with E-state index in [1.807, 2.05) is 12.1 Å². The Morgan fingerprint density at radius 3 is 2.37 bits per heavy atom. The first kappa shape index (κ1) is 20.8. The second-order valence-corrected chi connectivity index (χ2v) is 8.51. The standard InChI is InChI=1S/C22H31N5O3/c28-20-6-5-19(22(30)25-20)24-21(29)17-1-3-18(4-2-17)27-13-11-26(12-14-27)15-16-7-9-23-10-8-16/h1-4,16,19,23H,5-15H2,(H,24,29)(H,25,28,30)/t19-/m0/s1. The van der Waals surface area contributed by atoms with Crippen molar-refractivity contribution in [1.29, 1.82) is 0 Å². The van der Waals surface area contributed by atoms with Gasteiger partial charge in [0.1, 0.15) is 6.04 Å². The summed E-state index contributed by atoms with van der Waals surface area (Å²) in [7, 11) is 0. The van der Waals surface area contributed by atoms with Crippen molar-refractivity contribution in [3.05, 3.63) is 29.8 Å². The summed E-state index contributed by atoms with van der Waals surface area (Å²) in [5, 5.41) is 8.41. The topological polar surface area (TPSA) is 93.8 Å². The summed E-state index contributed by atoms with van der Waals surface area (Å²) in [5.41, 5.74) is 1.64. The molecule has 30 heavy (non-hydrogen) atoms. The van der Waals surface area contributed by atoms with Crippen LogP contribution in [0.5, 0.6) is 0 Å². The number of piperidine rings is 2. The van der Waals surface area contributed by atoms with Gasteiger partial charge in [0, 0.05) is 50.4 Å². The number of carbonyl (C=O) groups is 3. The summed E-state index contributed by atoms with van der Waals surface area (Å²) >= 11 is 0. The molecule has 162 valence electrons. The Labute approximate surface area is 177 Å². The molecule has 8 nitrogen and oxygen atoms in total. The molecule has 1 aromatic rings. The maximum absolute atomic E-state index is 12.5. The largest absolute Gasteiger partial charge is 0.369 e. The van der Waals surface area contributed by atoms with Gasteiger partial charge in [-0.15, -0.1) is 0 Å². The van der Waals surface area contributed by atoms with Crippen molar-refractivity contribution in [2.45, 2.75) is 31.7 Å². The van der Waals surface area contributed by atoms with Crippen molar-refractivity contribution in [1.82, 2.24) is 20.9 Å². The molecule has 3 aliphatic heterocycles. The van der Waals surface area contributed by atoms with Crippen molar-refractivity contribution >= 4 is 23.4 Å². The number of nitrogens with one attached hydrogen (secondary N) is 3. The van der Waals surface area contributed by atoms with Crippen LogP contribution in [-0.2, 0) is 9.59 Å². The molecule has 0 aliphatic carbocycles. The quantitative estimate of drug-likeness (QED) is 0.603. The molecule has 3 amide bonds. The third-order valence-corrected chi connectivity index (χ3v) is 6.39. The van der Waals surface area contributed by atoms with Crippen LogP contribution in [0.3, 0.4) is 0 Å². The number of hydrogen-bond acceptors (Lipinski definition) is 6. The van der Waals surface area contributed by atoms with Gasteiger partial charge in [0.25, 0.3) is 5.91 Å². The molecular weight excluding hydrogens is 382 g/mol. The highest BCUT2D eigenvalue weighted by Gasteiger charge is 2.28. The summed E-state index contributed by atoms with van der Waals surface area (Å²) in [4.78, 5) is 40.5. The highest BCUT2D eigenvalue weighted by Crippen LogP contribution is 2.20. The lowest BCUT2D eigenvalue weighted by atomic mass is 9.97. The van der Waals surface area contributed by atoms with Crippen LogP contribution < -0.4 is 20.9 Å². The molecule has 4 rings (SSSR count). The lowest BCUT2D eigenvalue weighted by Crippen LogP contribution is -2.52. The van der Waals surface area contributed by atoms with Gasteiger partial charge in [0.15, 0.2) is 0 Å². The van der Waals surface area contributed by atoms with Gasteiger partial charge in [-0.3, -0.25) is 24.6 Å². The van der Waals surface area contributed by atoms with Crippen LogP contribution in [-0.4, -0.2) is 74.5 Å². The molecule has 0 unspecified atom stereocenters. The average Bonchev–Trinajstić information content (AvgIpc) is 2.77. The Morgan fingerprint density at radius 1 is 1.00 bits per heavy atom. The lowest BCUT2D eigenvalue weighted by Gasteiger charge is -2.38. The number of anilines is 1. The van der Waals surface area contributed by atoms with Crippen molar-refractivity contribution in [3.8, 4) is 0 Å². The van der Waals surface area contributed by atoms with Gasteiger partial charge in [0.05, 0.1) is 0 Å². The molecular formula is C22H31N5O3. The van der Waals surface area contributed by atoms with E-state index in [1.165, 1.54) is 19.4 Å². The Kier molecular flexibility index (Phi) is 6.64. The molecule has 0 bridgehead atoms. The molecule has 8 heteroatoms. The second kappa shape index (κ2) is 9.57. The SMILES string of the molecule is O=C1CC[C@H](NC(=O)c2ccc(N3CCN(CC4CCNCC4)CC3)cc2)C(=O)N1. The van der Waals surface area contributed by atoms with Crippen LogP contribution >= 0.6 is 0 Å². The monoisotopic (exact) mass is 413 g/mol. The van der Waals surface area contributed by atoms with Gasteiger partial charge in [-0.2, -0.15) is 0 Å². The molecule has 0 radical (unpaired) electrons. The van der Waals surface area contributed by atoms with Gasteiger partial charge < -0.3 is 15.5 Å². The highest BCUT2D eigenvalue weighted by atomic mass is 16.2. The zero-order chi connectivity index (χ0) is 20.9. The van der Waals surface area contributed by atoms with Crippen molar-refractivity contribution in [2.75, 3.05) is 50.7 Å². The molecule has 0 spiro atoms. The Morgan fingerprint density at radius 2 is 1.70 bits per heavy atom. The predicted octanol–water partition coefficient (Wildman–Crippen LogP) is 0.343. The van der Waals surface area contributed by atoms with Crippen molar-refractivity contribution in [2.24, 2.45) is 5.92 Å². The molecule has 1 aromatic carbocycles. The van der Waals surface area contributed by atoms with Crippen LogP contribution in [0.25, 0.3) is 0 Å². The van der Waals surface area contributed by atoms with Crippen LogP contribution in [0.1, 0.15) is 36.0 Å². The average molecular weight is 414 g/mol. The number of imide groups is 1. The minimum Gasteiger partial charge on any atom is -0.369 e. The summed E-state index contributed by atoms with van der Waals surface area (Å²) in [5.74, 6) is -0.188. The number of rotatable bonds is 5. The van der Waals surface area contributed by atoms with E-state index < -0.39 is 11.9 Å². The number of amides is 3. The third kappa shape index (κ3) is 5.17. The maximum atomic E-state index is 12.5. The number of nitrogens with zero attached hydrogens (tertiary/aromatic N) is 2. The Bertz CT molecular complexity index is 767. The lowest BCUT2D eigenvalue weighted by molar-refractivity contribution is -0.134. The fraction of sp³-hybridized carbons (Fsp3) is 0.591. The fourth-order valence-corrected chi connectivity index (χ4v) is 4.51. The van der Waals surface area contributed by atoms with Gasteiger partial charge in [0.2, 0.25) is 11.8 Å². The van der Waals surface area contributed by atoms with E-state index in [1.54, 1.807) is 12.1 Å². The van der Waals surface area contributed by atoms with Crippen LogP contribution in [0.4, 0.5) is 5.69 Å². The van der Waals surface area contributed by atoms with Gasteiger partial charge in [-0.25, -0.2) is 0 Å². The normalized spacial score (nSPS) is 23.9. The van der Waals surface area contributed by atoms with E-state index in [0.717, 1.165) is 50.9 Å². The molecule has 3 N–H and O–H groups in total. The van der Waals surface area contributed by atoms with E-state index in [0.29, 0.717) is 12.0 Å². The van der Waals surface area contributed by atoms with Crippen LogP contribution in [0, 0.1) is 5.92 Å². The van der Waals surface area contributed by atoms with E-state index in [9.17, 15) is 14.4 Å². The number of carbonyl (C=O) groups excluding carboxylic acids is 3.